The molecule has 1 saturated heterocycles. The van der Waals surface area contributed by atoms with Gasteiger partial charge in [-0.3, -0.25) is 0 Å². The molecule has 3 rings (SSSR count). The van der Waals surface area contributed by atoms with Gasteiger partial charge >= 0.3 is 5.69 Å². The van der Waals surface area contributed by atoms with E-state index in [4.69, 9.17) is 0 Å². The molecule has 3 heterocycles. The Kier molecular flexibility index (Phi) is 2.75. The Morgan fingerprint density at radius 2 is 2.17 bits per heavy atom. The fraction of sp³-hybridized carbons (Fsp3) is 0.545. The first-order valence-corrected chi connectivity index (χ1v) is 6.12. The lowest BCUT2D eigenvalue weighted by atomic mass is 10.1. The molecule has 0 bridgehead atoms. The second kappa shape index (κ2) is 4.41. The quantitative estimate of drug-likeness (QED) is 0.777. The Bertz CT molecular complexity index is 595. The second-order valence-electron chi connectivity index (χ2n) is 4.74. The molecule has 2 aromatic heterocycles. The monoisotopic (exact) mass is 248 g/mol. The highest BCUT2D eigenvalue weighted by atomic mass is 16.2. The Hall–Kier alpha value is -1.89. The van der Waals surface area contributed by atoms with Crippen LogP contribution in [0, 0.1) is 0 Å². The van der Waals surface area contributed by atoms with Gasteiger partial charge in [-0.05, 0) is 45.1 Å². The normalized spacial score (nSPS) is 18.3. The molecule has 7 heteroatoms. The summed E-state index contributed by atoms with van der Waals surface area (Å²) in [7, 11) is 2.13. The van der Waals surface area contributed by atoms with Crippen LogP contribution in [-0.2, 0) is 0 Å². The van der Waals surface area contributed by atoms with Crippen LogP contribution >= 0.6 is 0 Å². The lowest BCUT2D eigenvalue weighted by Crippen LogP contribution is -2.37. The van der Waals surface area contributed by atoms with E-state index in [0.717, 1.165) is 31.7 Å². The number of fused-ring (bicyclic) bond motifs is 1. The lowest BCUT2D eigenvalue weighted by molar-refractivity contribution is 0.263. The zero-order chi connectivity index (χ0) is 12.5. The maximum atomic E-state index is 11.4. The van der Waals surface area contributed by atoms with E-state index in [-0.39, 0.29) is 5.69 Å². The van der Waals surface area contributed by atoms with E-state index in [9.17, 15) is 4.79 Å². The van der Waals surface area contributed by atoms with E-state index >= 15 is 0 Å². The first-order chi connectivity index (χ1) is 8.72. The number of aromatic nitrogens is 4. The van der Waals surface area contributed by atoms with Gasteiger partial charge in [0.1, 0.15) is 5.82 Å². The van der Waals surface area contributed by atoms with Crippen molar-refractivity contribution in [2.24, 2.45) is 0 Å². The molecule has 96 valence electrons. The van der Waals surface area contributed by atoms with Gasteiger partial charge < -0.3 is 10.2 Å². The fourth-order valence-electron chi connectivity index (χ4n) is 2.24. The minimum atomic E-state index is -0.308. The molecule has 18 heavy (non-hydrogen) atoms. The van der Waals surface area contributed by atoms with Crippen LogP contribution in [0.4, 0.5) is 5.82 Å². The van der Waals surface area contributed by atoms with E-state index in [2.05, 4.69) is 32.6 Å². The zero-order valence-electron chi connectivity index (χ0n) is 10.3. The first kappa shape index (κ1) is 11.2. The molecule has 1 aliphatic heterocycles. The van der Waals surface area contributed by atoms with Crippen LogP contribution in [0.5, 0.6) is 0 Å². The number of nitrogens with one attached hydrogen (secondary N) is 2. The van der Waals surface area contributed by atoms with Gasteiger partial charge in [-0.2, -0.15) is 9.61 Å². The third-order valence-electron chi connectivity index (χ3n) is 3.34. The van der Waals surface area contributed by atoms with Crippen LogP contribution in [-0.4, -0.2) is 50.9 Å². The number of likely N-dealkylation sites (tertiary alicyclic amines) is 1. The van der Waals surface area contributed by atoms with E-state index in [1.165, 1.54) is 4.52 Å². The molecule has 1 fully saturated rings. The molecule has 0 saturated carbocycles. The molecule has 2 aromatic rings. The number of H-pyrrole nitrogens is 1. The van der Waals surface area contributed by atoms with Crippen LogP contribution < -0.4 is 11.0 Å². The number of nitrogens with zero attached hydrogens (tertiary/aromatic N) is 4. The van der Waals surface area contributed by atoms with Crippen molar-refractivity contribution in [2.75, 3.05) is 25.5 Å². The van der Waals surface area contributed by atoms with E-state index in [0.29, 0.717) is 11.7 Å². The van der Waals surface area contributed by atoms with Crippen molar-refractivity contribution < 1.29 is 0 Å². The molecule has 0 radical (unpaired) electrons. The van der Waals surface area contributed by atoms with Crippen molar-refractivity contribution in [1.29, 1.82) is 0 Å². The van der Waals surface area contributed by atoms with Gasteiger partial charge in [-0.15, -0.1) is 5.10 Å². The van der Waals surface area contributed by atoms with Gasteiger partial charge in [0.15, 0.2) is 5.65 Å². The Morgan fingerprint density at radius 1 is 1.39 bits per heavy atom. The Labute approximate surface area is 104 Å². The summed E-state index contributed by atoms with van der Waals surface area (Å²) < 4.78 is 1.28. The highest BCUT2D eigenvalue weighted by Gasteiger charge is 2.16. The number of rotatable bonds is 2. The summed E-state index contributed by atoms with van der Waals surface area (Å²) in [5.41, 5.74) is 0.228. The van der Waals surface area contributed by atoms with Gasteiger partial charge in [-0.25, -0.2) is 9.89 Å². The summed E-state index contributed by atoms with van der Waals surface area (Å²) in [6.45, 7) is 2.18. The minimum absolute atomic E-state index is 0.308. The lowest BCUT2D eigenvalue weighted by Gasteiger charge is -2.29. The fourth-order valence-corrected chi connectivity index (χ4v) is 2.24. The van der Waals surface area contributed by atoms with Gasteiger partial charge in [-0.1, -0.05) is 0 Å². The largest absolute Gasteiger partial charge is 0.366 e. The number of anilines is 1. The van der Waals surface area contributed by atoms with Crippen molar-refractivity contribution in [3.63, 3.8) is 0 Å². The molecule has 0 unspecified atom stereocenters. The molecule has 0 aromatic carbocycles. The summed E-state index contributed by atoms with van der Waals surface area (Å²) in [6.07, 6.45) is 2.19. The SMILES string of the molecule is CN1CCC(Nc2ccc3n[nH]c(=O)n3n2)CC1. The van der Waals surface area contributed by atoms with Crippen LogP contribution in [0.15, 0.2) is 16.9 Å². The second-order valence-corrected chi connectivity index (χ2v) is 4.74. The van der Waals surface area contributed by atoms with Crippen molar-refractivity contribution in [3.8, 4) is 0 Å². The maximum Gasteiger partial charge on any atom is 0.364 e. The van der Waals surface area contributed by atoms with Gasteiger partial charge in [0, 0.05) is 6.04 Å². The number of piperidine rings is 1. The summed E-state index contributed by atoms with van der Waals surface area (Å²) in [6, 6.07) is 4.06. The van der Waals surface area contributed by atoms with E-state index in [1.54, 1.807) is 6.07 Å². The summed E-state index contributed by atoms with van der Waals surface area (Å²) >= 11 is 0. The van der Waals surface area contributed by atoms with Crippen LogP contribution in [0.2, 0.25) is 0 Å². The molecule has 0 spiro atoms. The smallest absolute Gasteiger partial charge is 0.364 e. The van der Waals surface area contributed by atoms with Crippen LogP contribution in [0.1, 0.15) is 12.8 Å². The molecule has 0 atom stereocenters. The number of aromatic amines is 1. The van der Waals surface area contributed by atoms with Crippen molar-refractivity contribution in [2.45, 2.75) is 18.9 Å². The zero-order valence-corrected chi connectivity index (χ0v) is 10.3. The molecule has 7 nitrogen and oxygen atoms in total. The highest BCUT2D eigenvalue weighted by Crippen LogP contribution is 2.13. The summed E-state index contributed by atoms with van der Waals surface area (Å²) in [5, 5.41) is 13.8. The summed E-state index contributed by atoms with van der Waals surface area (Å²) in [5.74, 6) is 0.723. The third kappa shape index (κ3) is 2.08. The van der Waals surface area contributed by atoms with Crippen molar-refractivity contribution >= 4 is 11.5 Å². The van der Waals surface area contributed by atoms with Gasteiger partial charge in [0.05, 0.1) is 0 Å². The third-order valence-corrected chi connectivity index (χ3v) is 3.34. The average molecular weight is 248 g/mol. The number of hydrogen-bond donors (Lipinski definition) is 2. The predicted octanol–water partition coefficient (Wildman–Crippen LogP) is -0.0763. The minimum Gasteiger partial charge on any atom is -0.366 e. The van der Waals surface area contributed by atoms with E-state index in [1.807, 2.05) is 6.07 Å². The van der Waals surface area contributed by atoms with Gasteiger partial charge in [0.2, 0.25) is 0 Å². The first-order valence-electron chi connectivity index (χ1n) is 6.12. The van der Waals surface area contributed by atoms with Crippen molar-refractivity contribution in [1.82, 2.24) is 24.7 Å². The predicted molar refractivity (Wildman–Crippen MR) is 67.7 cm³/mol. The highest BCUT2D eigenvalue weighted by molar-refractivity contribution is 5.43. The Balaban J connectivity index is 1.78. The average Bonchev–Trinajstić information content (AvgIpc) is 2.74. The topological polar surface area (TPSA) is 78.3 Å². The Morgan fingerprint density at radius 3 is 2.94 bits per heavy atom. The van der Waals surface area contributed by atoms with E-state index < -0.39 is 0 Å². The number of hydrogen-bond acceptors (Lipinski definition) is 5. The molecular formula is C11H16N6O. The van der Waals surface area contributed by atoms with Crippen molar-refractivity contribution in [3.05, 3.63) is 22.6 Å². The summed E-state index contributed by atoms with van der Waals surface area (Å²) in [4.78, 5) is 13.7. The standard InChI is InChI=1S/C11H16N6O/c1-16-6-4-8(5-7-16)12-9-2-3-10-13-14-11(18)17(10)15-9/h2-3,8H,4-7H2,1H3,(H,12,15)(H,14,18). The maximum absolute atomic E-state index is 11.4. The molecule has 2 N–H and O–H groups in total. The molecular weight excluding hydrogens is 232 g/mol. The molecule has 1 aliphatic rings. The molecule has 0 aliphatic carbocycles. The van der Waals surface area contributed by atoms with Crippen LogP contribution in [0.25, 0.3) is 5.65 Å². The molecule has 0 amide bonds. The van der Waals surface area contributed by atoms with Gasteiger partial charge in [0.25, 0.3) is 0 Å². The van der Waals surface area contributed by atoms with Crippen LogP contribution in [0.3, 0.4) is 0 Å².